The van der Waals surface area contributed by atoms with Crippen LogP contribution in [0.25, 0.3) is 33.1 Å². The van der Waals surface area contributed by atoms with E-state index in [1.165, 1.54) is 6.21 Å². The molecule has 0 spiro atoms. The molecule has 168 valence electrons. The Kier molecular flexibility index (Phi) is 5.92. The molecule has 0 unspecified atom stereocenters. The number of amides is 1. The minimum atomic E-state index is -0.347. The molecule has 0 saturated heterocycles. The zero-order valence-corrected chi connectivity index (χ0v) is 19.2. The molecular formula is C26H17Cl2N3O3. The fourth-order valence-electron chi connectivity index (χ4n) is 3.86. The first-order valence-corrected chi connectivity index (χ1v) is 11.1. The zero-order chi connectivity index (χ0) is 23.7. The van der Waals surface area contributed by atoms with Gasteiger partial charge in [0.25, 0.3) is 5.91 Å². The molecule has 8 heteroatoms. The van der Waals surface area contributed by atoms with Crippen LogP contribution in [0.1, 0.15) is 5.76 Å². The number of para-hydroxylation sites is 2. The van der Waals surface area contributed by atoms with Crippen LogP contribution < -0.4 is 10.9 Å². The molecule has 0 atom stereocenters. The van der Waals surface area contributed by atoms with E-state index in [-0.39, 0.29) is 17.9 Å². The van der Waals surface area contributed by atoms with Crippen LogP contribution in [0.5, 0.6) is 0 Å². The molecule has 1 N–H and O–H groups in total. The van der Waals surface area contributed by atoms with E-state index >= 15 is 0 Å². The maximum absolute atomic E-state index is 12.8. The van der Waals surface area contributed by atoms with Gasteiger partial charge in [-0.2, -0.15) is 5.10 Å². The topological polar surface area (TPSA) is 76.6 Å². The standard InChI is InChI=1S/C26H17Cl2N3O3/c27-20-9-5-8-19(25(20)28)23-13-12-16(34-23)14-29-30-24(32)15-31-21-10-3-1-6-17(21)26(33)18-7-2-4-11-22(18)31/h1-14H,15H2,(H,30,32)/b29-14-. The number of pyridine rings is 1. The van der Waals surface area contributed by atoms with Gasteiger partial charge in [-0.25, -0.2) is 5.43 Å². The zero-order valence-electron chi connectivity index (χ0n) is 17.7. The maximum atomic E-state index is 12.8. The average molecular weight is 490 g/mol. The molecule has 6 nitrogen and oxygen atoms in total. The second kappa shape index (κ2) is 9.17. The van der Waals surface area contributed by atoms with Crippen molar-refractivity contribution in [2.45, 2.75) is 6.54 Å². The average Bonchev–Trinajstić information content (AvgIpc) is 3.32. The normalized spacial score (nSPS) is 11.5. The number of carbonyl (C=O) groups excluding carboxylic acids is 1. The van der Waals surface area contributed by atoms with Crippen molar-refractivity contribution in [2.75, 3.05) is 0 Å². The Morgan fingerprint density at radius 3 is 2.29 bits per heavy atom. The molecule has 0 saturated carbocycles. The van der Waals surface area contributed by atoms with E-state index in [9.17, 15) is 9.59 Å². The third kappa shape index (κ3) is 4.09. The second-order valence-corrected chi connectivity index (χ2v) is 8.33. The number of hydrazone groups is 1. The third-order valence-electron chi connectivity index (χ3n) is 5.41. The molecule has 0 aliphatic carbocycles. The number of rotatable bonds is 5. The van der Waals surface area contributed by atoms with Gasteiger partial charge in [0.2, 0.25) is 0 Å². The Labute approximate surface area is 204 Å². The summed E-state index contributed by atoms with van der Waals surface area (Å²) in [5, 5.41) is 5.95. The van der Waals surface area contributed by atoms with E-state index in [2.05, 4.69) is 10.5 Å². The van der Waals surface area contributed by atoms with E-state index in [1.54, 1.807) is 54.6 Å². The summed E-state index contributed by atoms with van der Waals surface area (Å²) >= 11 is 12.3. The van der Waals surface area contributed by atoms with Gasteiger partial charge in [-0.05, 0) is 48.5 Å². The number of benzene rings is 3. The van der Waals surface area contributed by atoms with E-state index < -0.39 is 0 Å². The van der Waals surface area contributed by atoms with Gasteiger partial charge < -0.3 is 8.98 Å². The van der Waals surface area contributed by atoms with Crippen LogP contribution in [0.2, 0.25) is 10.0 Å². The van der Waals surface area contributed by atoms with Crippen molar-refractivity contribution < 1.29 is 9.21 Å². The first-order valence-electron chi connectivity index (χ1n) is 10.4. The predicted octanol–water partition coefficient (Wildman–Crippen LogP) is 5.87. The van der Waals surface area contributed by atoms with Crippen molar-refractivity contribution in [3.8, 4) is 11.3 Å². The number of nitrogens with one attached hydrogen (secondary N) is 1. The minimum Gasteiger partial charge on any atom is -0.455 e. The SMILES string of the molecule is O=C(Cn1c2ccccc2c(=O)c2ccccc21)N/N=C\c1ccc(-c2cccc(Cl)c2Cl)o1. The van der Waals surface area contributed by atoms with Crippen molar-refractivity contribution in [2.24, 2.45) is 5.10 Å². The molecule has 0 aliphatic rings. The summed E-state index contributed by atoms with van der Waals surface area (Å²) in [5.74, 6) is 0.622. The first kappa shape index (κ1) is 21.9. The summed E-state index contributed by atoms with van der Waals surface area (Å²) in [6, 6.07) is 23.2. The molecule has 5 rings (SSSR count). The maximum Gasteiger partial charge on any atom is 0.260 e. The van der Waals surface area contributed by atoms with Gasteiger partial charge >= 0.3 is 0 Å². The summed E-state index contributed by atoms with van der Waals surface area (Å²) in [4.78, 5) is 25.5. The van der Waals surface area contributed by atoms with E-state index in [0.717, 1.165) is 0 Å². The Hall–Kier alpha value is -3.87. The summed E-state index contributed by atoms with van der Waals surface area (Å²) < 4.78 is 7.56. The Morgan fingerprint density at radius 2 is 1.59 bits per heavy atom. The van der Waals surface area contributed by atoms with Crippen molar-refractivity contribution >= 4 is 57.1 Å². The number of hydrogen-bond donors (Lipinski definition) is 1. The van der Waals surface area contributed by atoms with Gasteiger partial charge in [0, 0.05) is 16.3 Å². The van der Waals surface area contributed by atoms with Gasteiger partial charge in [0.05, 0.1) is 27.3 Å². The molecule has 34 heavy (non-hydrogen) atoms. The fourth-order valence-corrected chi connectivity index (χ4v) is 4.25. The number of halogens is 2. The van der Waals surface area contributed by atoms with Gasteiger partial charge in [-0.3, -0.25) is 9.59 Å². The van der Waals surface area contributed by atoms with Crippen molar-refractivity contribution in [3.05, 3.63) is 105 Å². The summed E-state index contributed by atoms with van der Waals surface area (Å²) in [7, 11) is 0. The molecule has 0 aliphatic heterocycles. The van der Waals surface area contributed by atoms with Crippen LogP contribution in [0.15, 0.2) is 93.2 Å². The summed E-state index contributed by atoms with van der Waals surface area (Å²) in [6.45, 7) is -0.0137. The number of aromatic nitrogens is 1. The van der Waals surface area contributed by atoms with Crippen LogP contribution in [-0.4, -0.2) is 16.7 Å². The van der Waals surface area contributed by atoms with Gasteiger partial charge in [-0.1, -0.05) is 53.5 Å². The molecule has 1 amide bonds. The van der Waals surface area contributed by atoms with Crippen LogP contribution in [0.3, 0.4) is 0 Å². The highest BCUT2D eigenvalue weighted by atomic mass is 35.5. The van der Waals surface area contributed by atoms with Crippen LogP contribution >= 0.6 is 23.2 Å². The monoisotopic (exact) mass is 489 g/mol. The van der Waals surface area contributed by atoms with Crippen molar-refractivity contribution in [3.63, 3.8) is 0 Å². The number of carbonyl (C=O) groups is 1. The molecule has 0 fully saturated rings. The highest BCUT2D eigenvalue weighted by Gasteiger charge is 2.13. The van der Waals surface area contributed by atoms with Crippen molar-refractivity contribution in [1.29, 1.82) is 0 Å². The lowest BCUT2D eigenvalue weighted by Crippen LogP contribution is -2.25. The minimum absolute atomic E-state index is 0.0137. The molecule has 0 radical (unpaired) electrons. The van der Waals surface area contributed by atoms with E-state index in [4.69, 9.17) is 27.6 Å². The molecule has 5 aromatic rings. The van der Waals surface area contributed by atoms with Gasteiger partial charge in [0.15, 0.2) is 5.43 Å². The van der Waals surface area contributed by atoms with Crippen molar-refractivity contribution in [1.82, 2.24) is 9.99 Å². The Balaban J connectivity index is 1.37. The molecule has 2 heterocycles. The molecule has 2 aromatic heterocycles. The Morgan fingerprint density at radius 1 is 0.912 bits per heavy atom. The summed E-state index contributed by atoms with van der Waals surface area (Å²) in [6.07, 6.45) is 1.40. The highest BCUT2D eigenvalue weighted by Crippen LogP contribution is 2.34. The fraction of sp³-hybridized carbons (Fsp3) is 0.0385. The first-order chi connectivity index (χ1) is 16.5. The Bertz CT molecular complexity index is 1580. The number of furan rings is 1. The van der Waals surface area contributed by atoms with Crippen LogP contribution in [-0.2, 0) is 11.3 Å². The largest absolute Gasteiger partial charge is 0.455 e. The lowest BCUT2D eigenvalue weighted by atomic mass is 10.1. The van der Waals surface area contributed by atoms with Gasteiger partial charge in [0.1, 0.15) is 18.1 Å². The lowest BCUT2D eigenvalue weighted by molar-refractivity contribution is -0.121. The predicted molar refractivity (Wildman–Crippen MR) is 136 cm³/mol. The second-order valence-electron chi connectivity index (χ2n) is 7.55. The van der Waals surface area contributed by atoms with Gasteiger partial charge in [-0.15, -0.1) is 0 Å². The molecular weight excluding hydrogens is 473 g/mol. The molecule has 3 aromatic carbocycles. The van der Waals surface area contributed by atoms with Crippen LogP contribution in [0.4, 0.5) is 0 Å². The highest BCUT2D eigenvalue weighted by molar-refractivity contribution is 6.43. The number of hydrogen-bond acceptors (Lipinski definition) is 4. The third-order valence-corrected chi connectivity index (χ3v) is 6.22. The van der Waals surface area contributed by atoms with E-state index in [1.807, 2.05) is 28.8 Å². The summed E-state index contributed by atoms with van der Waals surface area (Å²) in [5.41, 5.74) is 4.48. The quantitative estimate of drug-likeness (QED) is 0.190. The number of nitrogens with zero attached hydrogens (tertiary/aromatic N) is 2. The van der Waals surface area contributed by atoms with Crippen LogP contribution in [0, 0.1) is 0 Å². The lowest BCUT2D eigenvalue weighted by Gasteiger charge is -2.14. The smallest absolute Gasteiger partial charge is 0.260 e. The molecule has 0 bridgehead atoms. The number of fused-ring (bicyclic) bond motifs is 2. The van der Waals surface area contributed by atoms with E-state index in [0.29, 0.717) is 48.9 Å².